The Hall–Kier alpha value is -1.90. The number of rotatable bonds is 3. The van der Waals surface area contributed by atoms with Crippen molar-refractivity contribution >= 4 is 0 Å². The summed E-state index contributed by atoms with van der Waals surface area (Å²) in [6.07, 6.45) is 6.41. The van der Waals surface area contributed by atoms with Gasteiger partial charge in [0.15, 0.2) is 0 Å². The Labute approximate surface area is 109 Å². The molecule has 0 radical (unpaired) electrons. The standard InChI is InChI=1S/C13H15N3.C2H6/c1-10(2)6-11-7-12(9-14-8-11)13-4-5-15-16(13)3;1-2/h4-5,7-9H,1,6H2,2-3H3;1-2H3. The third kappa shape index (κ3) is 3.55. The molecule has 0 N–H and O–H groups in total. The second-order valence-electron chi connectivity index (χ2n) is 4.06. The lowest BCUT2D eigenvalue weighted by molar-refractivity contribution is 0.775. The van der Waals surface area contributed by atoms with E-state index in [1.54, 1.807) is 6.20 Å². The summed E-state index contributed by atoms with van der Waals surface area (Å²) in [5.74, 6) is 0. The molecular formula is C15H21N3. The topological polar surface area (TPSA) is 30.7 Å². The first-order valence-electron chi connectivity index (χ1n) is 6.23. The molecule has 0 aliphatic heterocycles. The van der Waals surface area contributed by atoms with Crippen molar-refractivity contribution in [3.05, 3.63) is 48.4 Å². The van der Waals surface area contributed by atoms with E-state index in [0.29, 0.717) is 0 Å². The zero-order chi connectivity index (χ0) is 13.5. The Morgan fingerprint density at radius 1 is 1.33 bits per heavy atom. The van der Waals surface area contributed by atoms with Gasteiger partial charge in [-0.05, 0) is 31.0 Å². The Morgan fingerprint density at radius 3 is 2.61 bits per heavy atom. The molecule has 0 saturated carbocycles. The lowest BCUT2D eigenvalue weighted by atomic mass is 10.1. The molecule has 0 bridgehead atoms. The lowest BCUT2D eigenvalue weighted by Crippen LogP contribution is -1.95. The number of aryl methyl sites for hydroxylation is 1. The predicted octanol–water partition coefficient (Wildman–Crippen LogP) is 3.63. The molecule has 0 aliphatic carbocycles. The van der Waals surface area contributed by atoms with Gasteiger partial charge in [-0.25, -0.2) is 0 Å². The van der Waals surface area contributed by atoms with Gasteiger partial charge >= 0.3 is 0 Å². The van der Waals surface area contributed by atoms with Crippen molar-refractivity contribution in [2.45, 2.75) is 27.2 Å². The van der Waals surface area contributed by atoms with Crippen molar-refractivity contribution in [3.8, 4) is 11.3 Å². The summed E-state index contributed by atoms with van der Waals surface area (Å²) < 4.78 is 1.85. The number of hydrogen-bond acceptors (Lipinski definition) is 2. The normalized spacial score (nSPS) is 9.56. The van der Waals surface area contributed by atoms with Crippen LogP contribution in [0, 0.1) is 0 Å². The van der Waals surface area contributed by atoms with Crippen molar-refractivity contribution in [2.24, 2.45) is 7.05 Å². The van der Waals surface area contributed by atoms with Crippen LogP contribution in [0.3, 0.4) is 0 Å². The van der Waals surface area contributed by atoms with E-state index in [1.807, 2.05) is 51.0 Å². The highest BCUT2D eigenvalue weighted by Gasteiger charge is 2.03. The molecule has 0 saturated heterocycles. The van der Waals surface area contributed by atoms with E-state index >= 15 is 0 Å². The van der Waals surface area contributed by atoms with Gasteiger partial charge in [0.1, 0.15) is 0 Å². The van der Waals surface area contributed by atoms with Crippen molar-refractivity contribution in [3.63, 3.8) is 0 Å². The van der Waals surface area contributed by atoms with Crippen LogP contribution in [0.2, 0.25) is 0 Å². The van der Waals surface area contributed by atoms with Gasteiger partial charge in [0.25, 0.3) is 0 Å². The van der Waals surface area contributed by atoms with Crippen LogP contribution in [-0.2, 0) is 13.5 Å². The van der Waals surface area contributed by atoms with Crippen molar-refractivity contribution in [1.82, 2.24) is 14.8 Å². The maximum atomic E-state index is 4.25. The number of allylic oxidation sites excluding steroid dienone is 1. The van der Waals surface area contributed by atoms with Crippen molar-refractivity contribution < 1.29 is 0 Å². The lowest BCUT2D eigenvalue weighted by Gasteiger charge is -2.05. The van der Waals surface area contributed by atoms with Gasteiger partial charge in [-0.2, -0.15) is 5.10 Å². The molecule has 3 nitrogen and oxygen atoms in total. The van der Waals surface area contributed by atoms with E-state index < -0.39 is 0 Å². The maximum Gasteiger partial charge on any atom is 0.0694 e. The summed E-state index contributed by atoms with van der Waals surface area (Å²) in [4.78, 5) is 4.25. The summed E-state index contributed by atoms with van der Waals surface area (Å²) in [7, 11) is 1.93. The summed E-state index contributed by atoms with van der Waals surface area (Å²) in [6.45, 7) is 9.94. The van der Waals surface area contributed by atoms with E-state index in [4.69, 9.17) is 0 Å². The molecule has 2 aromatic rings. The molecule has 2 heterocycles. The number of hydrogen-bond donors (Lipinski definition) is 0. The monoisotopic (exact) mass is 243 g/mol. The number of pyridine rings is 1. The molecule has 0 aliphatic rings. The highest BCUT2D eigenvalue weighted by molar-refractivity contribution is 5.58. The van der Waals surface area contributed by atoms with Crippen LogP contribution < -0.4 is 0 Å². The smallest absolute Gasteiger partial charge is 0.0694 e. The fourth-order valence-electron chi connectivity index (χ4n) is 1.73. The van der Waals surface area contributed by atoms with Crippen LogP contribution in [0.5, 0.6) is 0 Å². The van der Waals surface area contributed by atoms with Crippen LogP contribution >= 0.6 is 0 Å². The minimum Gasteiger partial charge on any atom is -0.268 e. The number of aromatic nitrogens is 3. The third-order valence-electron chi connectivity index (χ3n) is 2.42. The molecule has 0 unspecified atom stereocenters. The van der Waals surface area contributed by atoms with Gasteiger partial charge in [-0.3, -0.25) is 9.67 Å². The molecule has 18 heavy (non-hydrogen) atoms. The molecule has 0 spiro atoms. The molecule has 0 amide bonds. The zero-order valence-corrected chi connectivity index (χ0v) is 11.6. The average molecular weight is 243 g/mol. The van der Waals surface area contributed by atoms with Crippen molar-refractivity contribution in [1.29, 1.82) is 0 Å². The average Bonchev–Trinajstić information content (AvgIpc) is 2.77. The molecule has 0 aromatic carbocycles. The van der Waals surface area contributed by atoms with Crippen molar-refractivity contribution in [2.75, 3.05) is 0 Å². The van der Waals surface area contributed by atoms with Crippen LogP contribution in [0.25, 0.3) is 11.3 Å². The first-order valence-corrected chi connectivity index (χ1v) is 6.23. The fourth-order valence-corrected chi connectivity index (χ4v) is 1.73. The summed E-state index contributed by atoms with van der Waals surface area (Å²) in [6, 6.07) is 4.13. The Balaban J connectivity index is 0.000000771. The van der Waals surface area contributed by atoms with Gasteiger partial charge in [-0.15, -0.1) is 0 Å². The summed E-state index contributed by atoms with van der Waals surface area (Å²) >= 11 is 0. The van der Waals surface area contributed by atoms with E-state index in [-0.39, 0.29) is 0 Å². The molecule has 0 fully saturated rings. The van der Waals surface area contributed by atoms with E-state index in [0.717, 1.165) is 23.3 Å². The van der Waals surface area contributed by atoms with Gasteiger partial charge in [0.05, 0.1) is 5.69 Å². The minimum absolute atomic E-state index is 0.874. The highest BCUT2D eigenvalue weighted by Crippen LogP contribution is 2.19. The van der Waals surface area contributed by atoms with Gasteiger partial charge < -0.3 is 0 Å². The van der Waals surface area contributed by atoms with E-state index in [9.17, 15) is 0 Å². The second-order valence-corrected chi connectivity index (χ2v) is 4.06. The van der Waals surface area contributed by atoms with Crippen LogP contribution in [0.1, 0.15) is 26.3 Å². The van der Waals surface area contributed by atoms with Gasteiger partial charge in [-0.1, -0.05) is 26.0 Å². The van der Waals surface area contributed by atoms with Crippen LogP contribution in [-0.4, -0.2) is 14.8 Å². The second kappa shape index (κ2) is 6.74. The first kappa shape index (κ1) is 14.2. The molecule has 0 atom stereocenters. The fraction of sp³-hybridized carbons (Fsp3) is 0.333. The quantitative estimate of drug-likeness (QED) is 0.771. The van der Waals surface area contributed by atoms with E-state index in [1.165, 1.54) is 5.56 Å². The minimum atomic E-state index is 0.874. The molecule has 96 valence electrons. The Bertz CT molecular complexity index is 512. The summed E-state index contributed by atoms with van der Waals surface area (Å²) in [5, 5.41) is 4.15. The Morgan fingerprint density at radius 2 is 2.06 bits per heavy atom. The largest absolute Gasteiger partial charge is 0.268 e. The highest BCUT2D eigenvalue weighted by atomic mass is 15.3. The molecule has 2 rings (SSSR count). The first-order chi connectivity index (χ1) is 8.66. The van der Waals surface area contributed by atoms with Crippen LogP contribution in [0.15, 0.2) is 42.9 Å². The predicted molar refractivity (Wildman–Crippen MR) is 76.3 cm³/mol. The van der Waals surface area contributed by atoms with Gasteiger partial charge in [0.2, 0.25) is 0 Å². The third-order valence-corrected chi connectivity index (χ3v) is 2.42. The molecule has 2 aromatic heterocycles. The Kier molecular flexibility index (Phi) is 5.31. The molecule has 3 heteroatoms. The zero-order valence-electron chi connectivity index (χ0n) is 11.6. The van der Waals surface area contributed by atoms with E-state index in [2.05, 4.69) is 22.7 Å². The van der Waals surface area contributed by atoms with Crippen LogP contribution in [0.4, 0.5) is 0 Å². The maximum absolute atomic E-state index is 4.25. The van der Waals surface area contributed by atoms with Gasteiger partial charge in [0, 0.05) is 31.2 Å². The SMILES string of the molecule is C=C(C)Cc1cncc(-c2ccnn2C)c1.CC. The number of nitrogens with zero attached hydrogens (tertiary/aromatic N) is 3. The summed E-state index contributed by atoms with van der Waals surface area (Å²) in [5.41, 5.74) is 4.50. The molecular weight excluding hydrogens is 222 g/mol.